The van der Waals surface area contributed by atoms with Crippen LogP contribution in [0.15, 0.2) is 23.5 Å². The van der Waals surface area contributed by atoms with Gasteiger partial charge in [0.05, 0.1) is 11.0 Å². The molecule has 2 aromatic rings. The van der Waals surface area contributed by atoms with Crippen molar-refractivity contribution in [2.24, 2.45) is 4.99 Å². The number of fused-ring (bicyclic) bond motifs is 1. The maximum absolute atomic E-state index is 3.95. The van der Waals surface area contributed by atoms with E-state index in [1.54, 1.807) is 7.05 Å². The second kappa shape index (κ2) is 2.85. The van der Waals surface area contributed by atoms with Crippen molar-refractivity contribution in [1.29, 1.82) is 0 Å². The van der Waals surface area contributed by atoms with Gasteiger partial charge in [-0.1, -0.05) is 0 Å². The molecule has 2 rings (SSSR count). The number of aromatic amines is 2. The Morgan fingerprint density at radius 3 is 3.25 bits per heavy atom. The summed E-state index contributed by atoms with van der Waals surface area (Å²) in [5.41, 5.74) is 3.62. The minimum Gasteiger partial charge on any atom is -0.360 e. The molecular formula is C9H11N3. The zero-order valence-electron chi connectivity index (χ0n) is 6.96. The van der Waals surface area contributed by atoms with Gasteiger partial charge in [0, 0.05) is 32.1 Å². The van der Waals surface area contributed by atoms with Crippen molar-refractivity contribution in [3.8, 4) is 0 Å². The molecule has 0 aromatic carbocycles. The summed E-state index contributed by atoms with van der Waals surface area (Å²) in [6, 6.07) is 2.03. The lowest BCUT2D eigenvalue weighted by Crippen LogP contribution is -1.83. The van der Waals surface area contributed by atoms with Gasteiger partial charge in [0.25, 0.3) is 0 Å². The Morgan fingerprint density at radius 1 is 1.50 bits per heavy atom. The van der Waals surface area contributed by atoms with Crippen molar-refractivity contribution in [3.05, 3.63) is 24.0 Å². The van der Waals surface area contributed by atoms with Crippen LogP contribution in [0.2, 0.25) is 0 Å². The molecule has 62 valence electrons. The van der Waals surface area contributed by atoms with E-state index in [4.69, 9.17) is 0 Å². The molecule has 0 amide bonds. The average molecular weight is 161 g/mol. The molecule has 0 aliphatic rings. The highest BCUT2D eigenvalue weighted by Gasteiger charge is 2.01. The number of aliphatic imine (C=N–C) groups is 1. The summed E-state index contributed by atoms with van der Waals surface area (Å²) < 4.78 is 0. The van der Waals surface area contributed by atoms with Crippen molar-refractivity contribution >= 4 is 17.2 Å². The second-order valence-corrected chi connectivity index (χ2v) is 2.73. The lowest BCUT2D eigenvalue weighted by Gasteiger charge is -1.87. The third kappa shape index (κ3) is 1.03. The zero-order chi connectivity index (χ0) is 8.39. The Bertz CT molecular complexity index is 394. The first kappa shape index (κ1) is 7.16. The normalized spacial score (nSPS) is 11.8. The smallest absolute Gasteiger partial charge is 0.0670 e. The van der Waals surface area contributed by atoms with Crippen LogP contribution in [0.5, 0.6) is 0 Å². The van der Waals surface area contributed by atoms with Crippen LogP contribution in [-0.4, -0.2) is 23.2 Å². The van der Waals surface area contributed by atoms with E-state index in [1.165, 1.54) is 11.1 Å². The van der Waals surface area contributed by atoms with Crippen molar-refractivity contribution < 1.29 is 0 Å². The van der Waals surface area contributed by atoms with Crippen LogP contribution in [0.25, 0.3) is 11.0 Å². The molecule has 0 saturated carbocycles. The maximum atomic E-state index is 3.95. The van der Waals surface area contributed by atoms with E-state index in [0.29, 0.717) is 0 Å². The molecule has 0 fully saturated rings. The summed E-state index contributed by atoms with van der Waals surface area (Å²) >= 11 is 0. The van der Waals surface area contributed by atoms with Crippen molar-refractivity contribution in [1.82, 2.24) is 9.97 Å². The van der Waals surface area contributed by atoms with E-state index in [-0.39, 0.29) is 0 Å². The predicted octanol–water partition coefficient (Wildman–Crippen LogP) is 1.74. The lowest BCUT2D eigenvalue weighted by atomic mass is 10.2. The topological polar surface area (TPSA) is 43.9 Å². The number of rotatable bonds is 2. The Kier molecular flexibility index (Phi) is 1.70. The highest BCUT2D eigenvalue weighted by molar-refractivity contribution is 5.82. The van der Waals surface area contributed by atoms with Gasteiger partial charge in [-0.15, -0.1) is 0 Å². The first-order chi connectivity index (χ1) is 5.92. The maximum Gasteiger partial charge on any atom is 0.0670 e. The van der Waals surface area contributed by atoms with Crippen LogP contribution in [0.4, 0.5) is 0 Å². The molecule has 0 spiro atoms. The van der Waals surface area contributed by atoms with E-state index < -0.39 is 0 Å². The molecule has 0 aliphatic heterocycles. The van der Waals surface area contributed by atoms with Crippen LogP contribution >= 0.6 is 0 Å². The quantitative estimate of drug-likeness (QED) is 0.630. The fourth-order valence-corrected chi connectivity index (χ4v) is 1.34. The third-order valence-electron chi connectivity index (χ3n) is 1.96. The SMILES string of the molecule is CN=CCc1c[nH]c2cc[nH]c12. The summed E-state index contributed by atoms with van der Waals surface area (Å²) in [7, 11) is 1.79. The number of hydrogen-bond donors (Lipinski definition) is 2. The molecule has 2 heterocycles. The zero-order valence-corrected chi connectivity index (χ0v) is 6.96. The molecule has 2 aromatic heterocycles. The van der Waals surface area contributed by atoms with Crippen LogP contribution in [0.1, 0.15) is 5.56 Å². The number of hydrogen-bond acceptors (Lipinski definition) is 1. The van der Waals surface area contributed by atoms with E-state index in [1.807, 2.05) is 24.7 Å². The first-order valence-electron chi connectivity index (χ1n) is 3.96. The summed E-state index contributed by atoms with van der Waals surface area (Å²) in [6.45, 7) is 0. The van der Waals surface area contributed by atoms with Crippen molar-refractivity contribution in [3.63, 3.8) is 0 Å². The molecule has 0 bridgehead atoms. The molecule has 0 radical (unpaired) electrons. The monoisotopic (exact) mass is 161 g/mol. The Labute approximate surface area is 70.5 Å². The Hall–Kier alpha value is -1.51. The van der Waals surface area contributed by atoms with Gasteiger partial charge in [-0.3, -0.25) is 0 Å². The molecule has 3 heteroatoms. The van der Waals surface area contributed by atoms with Crippen LogP contribution < -0.4 is 0 Å². The highest BCUT2D eigenvalue weighted by atomic mass is 14.8. The molecule has 0 aliphatic carbocycles. The molecule has 0 unspecified atom stereocenters. The van der Waals surface area contributed by atoms with E-state index in [0.717, 1.165) is 11.9 Å². The Morgan fingerprint density at radius 2 is 2.42 bits per heavy atom. The van der Waals surface area contributed by atoms with Crippen molar-refractivity contribution in [2.45, 2.75) is 6.42 Å². The van der Waals surface area contributed by atoms with Gasteiger partial charge in [0.15, 0.2) is 0 Å². The van der Waals surface area contributed by atoms with Gasteiger partial charge >= 0.3 is 0 Å². The van der Waals surface area contributed by atoms with Crippen LogP contribution in [-0.2, 0) is 6.42 Å². The standard InChI is InChI=1S/C9H11N3/c1-10-4-2-7-6-12-8-3-5-11-9(7)8/h3-6,11-12H,2H2,1H3. The number of nitrogens with zero attached hydrogens (tertiary/aromatic N) is 1. The summed E-state index contributed by atoms with van der Waals surface area (Å²) in [6.07, 6.45) is 6.75. The van der Waals surface area contributed by atoms with Crippen LogP contribution in [0, 0.1) is 0 Å². The fraction of sp³-hybridized carbons (Fsp3) is 0.222. The third-order valence-corrected chi connectivity index (χ3v) is 1.96. The molecule has 3 nitrogen and oxygen atoms in total. The molecule has 12 heavy (non-hydrogen) atoms. The minimum atomic E-state index is 0.886. The number of aromatic nitrogens is 2. The van der Waals surface area contributed by atoms with Gasteiger partial charge in [0.2, 0.25) is 0 Å². The van der Waals surface area contributed by atoms with Crippen LogP contribution in [0.3, 0.4) is 0 Å². The largest absolute Gasteiger partial charge is 0.360 e. The summed E-state index contributed by atoms with van der Waals surface area (Å²) in [4.78, 5) is 10.3. The van der Waals surface area contributed by atoms with Gasteiger partial charge in [0.1, 0.15) is 0 Å². The lowest BCUT2D eigenvalue weighted by molar-refractivity contribution is 1.31. The molecule has 0 saturated heterocycles. The highest BCUT2D eigenvalue weighted by Crippen LogP contribution is 2.15. The summed E-state index contributed by atoms with van der Waals surface area (Å²) in [5, 5.41) is 0. The predicted molar refractivity (Wildman–Crippen MR) is 50.8 cm³/mol. The second-order valence-electron chi connectivity index (χ2n) is 2.73. The molecule has 0 atom stereocenters. The fourth-order valence-electron chi connectivity index (χ4n) is 1.34. The molecular weight excluding hydrogens is 150 g/mol. The number of H-pyrrole nitrogens is 2. The van der Waals surface area contributed by atoms with Crippen molar-refractivity contribution in [2.75, 3.05) is 7.05 Å². The minimum absolute atomic E-state index is 0.886. The summed E-state index contributed by atoms with van der Waals surface area (Å²) in [5.74, 6) is 0. The molecule has 2 N–H and O–H groups in total. The van der Waals surface area contributed by atoms with Gasteiger partial charge in [-0.05, 0) is 11.6 Å². The number of nitrogens with one attached hydrogen (secondary N) is 2. The van der Waals surface area contributed by atoms with E-state index >= 15 is 0 Å². The van der Waals surface area contributed by atoms with Gasteiger partial charge in [-0.25, -0.2) is 0 Å². The van der Waals surface area contributed by atoms with E-state index in [2.05, 4.69) is 15.0 Å². The average Bonchev–Trinajstić information content (AvgIpc) is 2.62. The first-order valence-corrected chi connectivity index (χ1v) is 3.96. The van der Waals surface area contributed by atoms with Gasteiger partial charge in [-0.2, -0.15) is 0 Å². The van der Waals surface area contributed by atoms with Gasteiger partial charge < -0.3 is 15.0 Å². The Balaban J connectivity index is 2.40. The van der Waals surface area contributed by atoms with E-state index in [9.17, 15) is 0 Å².